The van der Waals surface area contributed by atoms with Gasteiger partial charge >= 0.3 is 0 Å². The van der Waals surface area contributed by atoms with E-state index in [0.717, 1.165) is 0 Å². The fourth-order valence-corrected chi connectivity index (χ4v) is 3.28. The van der Waals surface area contributed by atoms with Crippen molar-refractivity contribution in [2.45, 2.75) is 18.8 Å². The van der Waals surface area contributed by atoms with Gasteiger partial charge in [-0.05, 0) is 23.1 Å². The lowest BCUT2D eigenvalue weighted by Gasteiger charge is -2.40. The third-order valence-electron chi connectivity index (χ3n) is 4.38. The molecule has 20 heavy (non-hydrogen) atoms. The predicted molar refractivity (Wildman–Crippen MR) is 81.6 cm³/mol. The van der Waals surface area contributed by atoms with Crippen molar-refractivity contribution in [3.8, 4) is 0 Å². The minimum absolute atomic E-state index is 0.204. The van der Waals surface area contributed by atoms with E-state index in [4.69, 9.17) is 0 Å². The summed E-state index contributed by atoms with van der Waals surface area (Å²) in [5, 5.41) is 0. The maximum absolute atomic E-state index is 12.1. The van der Waals surface area contributed by atoms with Crippen LogP contribution in [0.3, 0.4) is 0 Å². The molecule has 2 aromatic carbocycles. The average molecular weight is 262 g/mol. The molecule has 1 unspecified atom stereocenters. The number of rotatable bonds is 2. The van der Waals surface area contributed by atoms with Crippen LogP contribution in [0.4, 0.5) is 0 Å². The number of hydrogen-bond donors (Lipinski definition) is 0. The third-order valence-corrected chi connectivity index (χ3v) is 4.38. The molecule has 1 heteroatoms. The highest BCUT2D eigenvalue weighted by molar-refractivity contribution is 5.92. The second-order valence-electron chi connectivity index (χ2n) is 5.49. The lowest BCUT2D eigenvalue weighted by molar-refractivity contribution is -0.116. The Bertz CT molecular complexity index is 586. The molecule has 0 fully saturated rings. The molecular formula is C19H18O. The van der Waals surface area contributed by atoms with Crippen LogP contribution in [0.2, 0.25) is 0 Å². The van der Waals surface area contributed by atoms with Gasteiger partial charge in [-0.25, -0.2) is 0 Å². The quantitative estimate of drug-likeness (QED) is 0.795. The molecule has 0 heterocycles. The molecule has 0 spiro atoms. The highest BCUT2D eigenvalue weighted by atomic mass is 16.1. The molecule has 0 saturated heterocycles. The Labute approximate surface area is 120 Å². The van der Waals surface area contributed by atoms with Crippen LogP contribution in [0, 0.1) is 5.92 Å². The summed E-state index contributed by atoms with van der Waals surface area (Å²) in [6.45, 7) is 2.20. The van der Waals surface area contributed by atoms with Crippen LogP contribution in [-0.4, -0.2) is 5.78 Å². The van der Waals surface area contributed by atoms with E-state index in [1.165, 1.54) is 11.1 Å². The van der Waals surface area contributed by atoms with Gasteiger partial charge in [0.05, 0.1) is 0 Å². The first-order chi connectivity index (χ1) is 9.73. The Hall–Kier alpha value is -2.15. The van der Waals surface area contributed by atoms with Crippen LogP contribution in [-0.2, 0) is 10.2 Å². The highest BCUT2D eigenvalue weighted by Gasteiger charge is 2.41. The Morgan fingerprint density at radius 1 is 0.900 bits per heavy atom. The van der Waals surface area contributed by atoms with Crippen molar-refractivity contribution in [1.29, 1.82) is 0 Å². The maximum atomic E-state index is 12.1. The first-order valence-corrected chi connectivity index (χ1v) is 7.05. The van der Waals surface area contributed by atoms with Crippen LogP contribution in [0.15, 0.2) is 72.8 Å². The predicted octanol–water partition coefficient (Wildman–Crippen LogP) is 4.14. The lowest BCUT2D eigenvalue weighted by Crippen LogP contribution is -2.38. The van der Waals surface area contributed by atoms with Crippen LogP contribution in [0.5, 0.6) is 0 Å². The number of allylic oxidation sites excluding steroid dienone is 2. The van der Waals surface area contributed by atoms with E-state index in [9.17, 15) is 4.79 Å². The van der Waals surface area contributed by atoms with E-state index in [2.05, 4.69) is 55.5 Å². The van der Waals surface area contributed by atoms with Crippen molar-refractivity contribution >= 4 is 5.78 Å². The SMILES string of the molecule is CC1C=CC(=O)CC1(c1ccccc1)c1ccccc1. The normalized spacial score (nSPS) is 20.9. The Balaban J connectivity index is 2.23. The van der Waals surface area contributed by atoms with Crippen LogP contribution in [0.25, 0.3) is 0 Å². The molecule has 0 N–H and O–H groups in total. The van der Waals surface area contributed by atoms with E-state index >= 15 is 0 Å². The largest absolute Gasteiger partial charge is 0.295 e. The summed E-state index contributed by atoms with van der Waals surface area (Å²) in [5.41, 5.74) is 2.20. The number of carbonyl (C=O) groups excluding carboxylic acids is 1. The fraction of sp³-hybridized carbons (Fsp3) is 0.211. The minimum atomic E-state index is -0.242. The van der Waals surface area contributed by atoms with E-state index in [1.54, 1.807) is 6.08 Å². The Morgan fingerprint density at radius 3 is 1.90 bits per heavy atom. The van der Waals surface area contributed by atoms with Crippen LogP contribution in [0.1, 0.15) is 24.5 Å². The zero-order valence-electron chi connectivity index (χ0n) is 11.6. The zero-order chi connectivity index (χ0) is 14.0. The molecule has 0 aromatic heterocycles. The smallest absolute Gasteiger partial charge is 0.156 e. The van der Waals surface area contributed by atoms with Gasteiger partial charge in [-0.3, -0.25) is 4.79 Å². The molecule has 3 rings (SSSR count). The van der Waals surface area contributed by atoms with Crippen molar-refractivity contribution in [2.75, 3.05) is 0 Å². The van der Waals surface area contributed by atoms with Crippen molar-refractivity contribution < 1.29 is 4.79 Å². The van der Waals surface area contributed by atoms with Crippen LogP contribution < -0.4 is 0 Å². The summed E-state index contributed by atoms with van der Waals surface area (Å²) in [4.78, 5) is 12.1. The molecule has 0 radical (unpaired) electrons. The fourth-order valence-electron chi connectivity index (χ4n) is 3.28. The van der Waals surface area contributed by atoms with E-state index in [-0.39, 0.29) is 11.2 Å². The van der Waals surface area contributed by atoms with Gasteiger partial charge in [0.25, 0.3) is 0 Å². The molecule has 1 aliphatic rings. The van der Waals surface area contributed by atoms with Gasteiger partial charge in [-0.15, -0.1) is 0 Å². The summed E-state index contributed by atoms with van der Waals surface area (Å²) in [5.74, 6) is 0.501. The van der Waals surface area contributed by atoms with Gasteiger partial charge in [-0.1, -0.05) is 73.7 Å². The second-order valence-corrected chi connectivity index (χ2v) is 5.49. The number of benzene rings is 2. The van der Waals surface area contributed by atoms with Gasteiger partial charge in [0.1, 0.15) is 0 Å². The molecule has 0 amide bonds. The second kappa shape index (κ2) is 5.09. The lowest BCUT2D eigenvalue weighted by atomic mass is 9.61. The monoisotopic (exact) mass is 262 g/mol. The Kier molecular flexibility index (Phi) is 3.27. The summed E-state index contributed by atoms with van der Waals surface area (Å²) in [7, 11) is 0. The first kappa shape index (κ1) is 12.9. The van der Waals surface area contributed by atoms with Crippen molar-refractivity contribution in [3.63, 3.8) is 0 Å². The summed E-state index contributed by atoms with van der Waals surface area (Å²) in [6.07, 6.45) is 4.32. The molecule has 1 aliphatic carbocycles. The topological polar surface area (TPSA) is 17.1 Å². The third kappa shape index (κ3) is 2.00. The van der Waals surface area contributed by atoms with E-state index < -0.39 is 0 Å². The van der Waals surface area contributed by atoms with Crippen molar-refractivity contribution in [1.82, 2.24) is 0 Å². The Morgan fingerprint density at radius 2 is 1.40 bits per heavy atom. The molecule has 100 valence electrons. The van der Waals surface area contributed by atoms with Crippen molar-refractivity contribution in [3.05, 3.63) is 83.9 Å². The molecule has 2 aromatic rings. The van der Waals surface area contributed by atoms with E-state index in [1.807, 2.05) is 18.2 Å². The molecule has 0 bridgehead atoms. The molecule has 1 nitrogen and oxygen atoms in total. The zero-order valence-corrected chi connectivity index (χ0v) is 11.6. The van der Waals surface area contributed by atoms with Gasteiger partial charge in [0, 0.05) is 11.8 Å². The van der Waals surface area contributed by atoms with Gasteiger partial charge in [0.15, 0.2) is 5.78 Å². The van der Waals surface area contributed by atoms with Crippen molar-refractivity contribution in [2.24, 2.45) is 5.92 Å². The number of ketones is 1. The van der Waals surface area contributed by atoms with E-state index in [0.29, 0.717) is 12.3 Å². The summed E-state index contributed by atoms with van der Waals surface area (Å²) >= 11 is 0. The van der Waals surface area contributed by atoms with Gasteiger partial charge < -0.3 is 0 Å². The average Bonchev–Trinajstić information content (AvgIpc) is 2.51. The first-order valence-electron chi connectivity index (χ1n) is 7.05. The highest BCUT2D eigenvalue weighted by Crippen LogP contribution is 2.45. The standard InChI is InChI=1S/C19H18O/c1-15-12-13-18(20)14-19(15,16-8-4-2-5-9-16)17-10-6-3-7-11-17/h2-13,15H,14H2,1H3. The minimum Gasteiger partial charge on any atom is -0.295 e. The molecular weight excluding hydrogens is 244 g/mol. The molecule has 0 saturated carbocycles. The summed E-state index contributed by atoms with van der Waals surface area (Å²) < 4.78 is 0. The molecule has 1 atom stereocenters. The van der Waals surface area contributed by atoms with Gasteiger partial charge in [0.2, 0.25) is 0 Å². The number of hydrogen-bond acceptors (Lipinski definition) is 1. The summed E-state index contributed by atoms with van der Waals surface area (Å²) in [6, 6.07) is 20.8. The number of carbonyl (C=O) groups is 1. The van der Waals surface area contributed by atoms with Gasteiger partial charge in [-0.2, -0.15) is 0 Å². The van der Waals surface area contributed by atoms with Crippen LogP contribution >= 0.6 is 0 Å². The maximum Gasteiger partial charge on any atom is 0.156 e. The molecule has 0 aliphatic heterocycles.